The molecule has 4 saturated carbocycles. The average Bonchev–Trinajstić information content (AvgIpc) is 3.17. The average molecular weight is 555 g/mol. The second-order valence-corrected chi connectivity index (χ2v) is 13.1. The number of rotatable bonds is 5. The van der Waals surface area contributed by atoms with Crippen LogP contribution in [0.4, 0.5) is 0 Å². The Balaban J connectivity index is 1.31. The van der Waals surface area contributed by atoms with E-state index in [1.807, 2.05) is 6.92 Å². The minimum absolute atomic E-state index is 0.0315. The van der Waals surface area contributed by atoms with Crippen molar-refractivity contribution in [2.24, 2.45) is 34.5 Å². The lowest BCUT2D eigenvalue weighted by Crippen LogP contribution is -2.63. The molecule has 0 spiro atoms. The Morgan fingerprint density at radius 2 is 1.72 bits per heavy atom. The SMILES string of the molecule is COC(=O)[C@H]1O[C@@H](OCC(=O)[C@@]2(O)CC[C@H]3[C@@H]4CC[C@H]5C[C@H](O)CC[C@]5(C)[C@H]4C(=O)C[C@@]32C)[C@H](O)[C@@H](O)[C@@H]1O. The van der Waals surface area contributed by atoms with E-state index in [0.29, 0.717) is 19.3 Å². The summed E-state index contributed by atoms with van der Waals surface area (Å²) in [5.41, 5.74) is -3.01. The third-order valence-electron chi connectivity index (χ3n) is 11.3. The molecule has 0 bridgehead atoms. The molecule has 13 atom stereocenters. The summed E-state index contributed by atoms with van der Waals surface area (Å²) in [4.78, 5) is 39.3. The number of aliphatic hydroxyl groups is 5. The van der Waals surface area contributed by atoms with Gasteiger partial charge in [0, 0.05) is 17.8 Å². The Bertz CT molecular complexity index is 1000. The molecule has 39 heavy (non-hydrogen) atoms. The van der Waals surface area contributed by atoms with Gasteiger partial charge >= 0.3 is 5.97 Å². The van der Waals surface area contributed by atoms with E-state index >= 15 is 0 Å². The summed E-state index contributed by atoms with van der Waals surface area (Å²) >= 11 is 0. The number of fused-ring (bicyclic) bond motifs is 5. The number of Topliss-reactive ketones (excluding diaryl/α,β-unsaturated/α-hetero) is 2. The van der Waals surface area contributed by atoms with Crippen LogP contribution in [0.2, 0.25) is 0 Å². The highest BCUT2D eigenvalue weighted by atomic mass is 16.7. The highest BCUT2D eigenvalue weighted by Gasteiger charge is 2.69. The monoisotopic (exact) mass is 554 g/mol. The molecule has 5 fully saturated rings. The second kappa shape index (κ2) is 10.1. The molecule has 0 aromatic rings. The number of esters is 1. The van der Waals surface area contributed by atoms with Crippen LogP contribution >= 0.6 is 0 Å². The lowest BCUT2D eigenvalue weighted by atomic mass is 9.44. The molecule has 4 aliphatic carbocycles. The molecule has 1 heterocycles. The fraction of sp³-hybridized carbons (Fsp3) is 0.893. The molecule has 0 aromatic heterocycles. The van der Waals surface area contributed by atoms with E-state index in [1.165, 1.54) is 0 Å². The minimum Gasteiger partial charge on any atom is -0.467 e. The van der Waals surface area contributed by atoms with Gasteiger partial charge in [-0.2, -0.15) is 0 Å². The lowest BCUT2D eigenvalue weighted by Gasteiger charge is -2.60. The Morgan fingerprint density at radius 3 is 2.41 bits per heavy atom. The first kappa shape index (κ1) is 29.0. The van der Waals surface area contributed by atoms with Gasteiger partial charge in [-0.15, -0.1) is 0 Å². The van der Waals surface area contributed by atoms with Crippen molar-refractivity contribution in [3.63, 3.8) is 0 Å². The molecule has 5 N–H and O–H groups in total. The molecule has 11 nitrogen and oxygen atoms in total. The predicted molar refractivity (Wildman–Crippen MR) is 133 cm³/mol. The first-order valence-corrected chi connectivity index (χ1v) is 14.1. The maximum Gasteiger partial charge on any atom is 0.337 e. The minimum atomic E-state index is -1.84. The van der Waals surface area contributed by atoms with Crippen LogP contribution in [0.3, 0.4) is 0 Å². The van der Waals surface area contributed by atoms with E-state index in [2.05, 4.69) is 11.7 Å². The van der Waals surface area contributed by atoms with Crippen LogP contribution in [0.5, 0.6) is 0 Å². The van der Waals surface area contributed by atoms with Crippen molar-refractivity contribution in [1.29, 1.82) is 0 Å². The third kappa shape index (κ3) is 4.31. The second-order valence-electron chi connectivity index (χ2n) is 13.1. The third-order valence-corrected chi connectivity index (χ3v) is 11.3. The van der Waals surface area contributed by atoms with Crippen LogP contribution in [0.1, 0.15) is 65.2 Å². The molecule has 0 unspecified atom stereocenters. The van der Waals surface area contributed by atoms with Gasteiger partial charge in [-0.05, 0) is 68.1 Å². The van der Waals surface area contributed by atoms with Crippen molar-refractivity contribution >= 4 is 17.5 Å². The summed E-state index contributed by atoms with van der Waals surface area (Å²) in [6.45, 7) is 3.32. The summed E-state index contributed by atoms with van der Waals surface area (Å²) in [6, 6.07) is 0. The molecule has 220 valence electrons. The Labute approximate surface area is 227 Å². The normalized spacial score (nSPS) is 51.4. The van der Waals surface area contributed by atoms with E-state index in [9.17, 15) is 39.9 Å². The first-order valence-electron chi connectivity index (χ1n) is 14.1. The zero-order valence-corrected chi connectivity index (χ0v) is 22.8. The largest absolute Gasteiger partial charge is 0.467 e. The fourth-order valence-corrected chi connectivity index (χ4v) is 9.09. The van der Waals surface area contributed by atoms with Gasteiger partial charge in [-0.25, -0.2) is 4.79 Å². The quantitative estimate of drug-likeness (QED) is 0.286. The summed E-state index contributed by atoms with van der Waals surface area (Å²) < 4.78 is 15.3. The van der Waals surface area contributed by atoms with Crippen LogP contribution in [0.15, 0.2) is 0 Å². The topological polar surface area (TPSA) is 180 Å². The summed E-state index contributed by atoms with van der Waals surface area (Å²) in [5.74, 6) is -1.41. The maximum absolute atomic E-state index is 13.8. The number of hydrogen-bond acceptors (Lipinski definition) is 11. The van der Waals surface area contributed by atoms with Crippen molar-refractivity contribution in [2.75, 3.05) is 13.7 Å². The molecule has 11 heteroatoms. The van der Waals surface area contributed by atoms with Crippen molar-refractivity contribution in [1.82, 2.24) is 0 Å². The number of ketones is 2. The van der Waals surface area contributed by atoms with Gasteiger partial charge in [0.25, 0.3) is 0 Å². The van der Waals surface area contributed by atoms with E-state index in [0.717, 1.165) is 26.4 Å². The number of hydrogen-bond donors (Lipinski definition) is 5. The number of ether oxygens (including phenoxy) is 3. The number of aliphatic hydroxyl groups excluding tert-OH is 4. The molecule has 5 aliphatic rings. The van der Waals surface area contributed by atoms with Gasteiger partial charge in [-0.1, -0.05) is 13.8 Å². The fourth-order valence-electron chi connectivity index (χ4n) is 9.09. The molecule has 1 aliphatic heterocycles. The van der Waals surface area contributed by atoms with Gasteiger partial charge in [0.15, 0.2) is 18.2 Å². The predicted octanol–water partition coefficient (Wildman–Crippen LogP) is -0.134. The first-order chi connectivity index (χ1) is 18.3. The molecular formula is C28H42O11. The van der Waals surface area contributed by atoms with Gasteiger partial charge < -0.3 is 39.7 Å². The van der Waals surface area contributed by atoms with Crippen molar-refractivity contribution in [3.8, 4) is 0 Å². The lowest BCUT2D eigenvalue weighted by molar-refractivity contribution is -0.293. The smallest absolute Gasteiger partial charge is 0.337 e. The number of carbonyl (C=O) groups excluding carboxylic acids is 3. The zero-order valence-electron chi connectivity index (χ0n) is 22.8. The van der Waals surface area contributed by atoms with E-state index in [1.54, 1.807) is 0 Å². The Hall–Kier alpha value is -1.47. The van der Waals surface area contributed by atoms with E-state index < -0.39 is 60.1 Å². The van der Waals surface area contributed by atoms with Gasteiger partial charge in [0.2, 0.25) is 0 Å². The molecule has 0 aromatic carbocycles. The zero-order chi connectivity index (χ0) is 28.5. The molecule has 0 amide bonds. The van der Waals surface area contributed by atoms with Crippen molar-refractivity contribution in [3.05, 3.63) is 0 Å². The standard InChI is InChI=1S/C28H42O11/c1-26-8-6-14(29)10-13(26)4-5-15-16-7-9-28(36,27(16,2)11-17(30)19(15)26)18(31)12-38-25-22(34)20(32)21(33)23(39-25)24(35)37-3/h13-16,19-23,25,29,32-34,36H,4-12H2,1-3H3/t13-,14+,15-,16-,19+,20-,21-,22+,23-,25+,26-,27-,28-/m0/s1. The highest BCUT2D eigenvalue weighted by Crippen LogP contribution is 2.67. The van der Waals surface area contributed by atoms with Crippen LogP contribution in [-0.4, -0.2) is 99.2 Å². The molecule has 5 rings (SSSR count). The number of carbonyl (C=O) groups is 3. The van der Waals surface area contributed by atoms with E-state index in [4.69, 9.17) is 9.47 Å². The molecule has 1 saturated heterocycles. The summed E-state index contributed by atoms with van der Waals surface area (Å²) in [5, 5.41) is 52.6. The van der Waals surface area contributed by atoms with Gasteiger partial charge in [0.1, 0.15) is 36.3 Å². The van der Waals surface area contributed by atoms with Gasteiger partial charge in [-0.3, -0.25) is 9.59 Å². The van der Waals surface area contributed by atoms with Crippen molar-refractivity contribution in [2.45, 2.75) is 108 Å². The van der Waals surface area contributed by atoms with Crippen LogP contribution in [-0.2, 0) is 28.6 Å². The molecular weight excluding hydrogens is 512 g/mol. The number of methoxy groups -OCH3 is 1. The van der Waals surface area contributed by atoms with Crippen molar-refractivity contribution < 1.29 is 54.1 Å². The Morgan fingerprint density at radius 1 is 1.00 bits per heavy atom. The highest BCUT2D eigenvalue weighted by molar-refractivity contribution is 5.92. The van der Waals surface area contributed by atoms with E-state index in [-0.39, 0.29) is 53.8 Å². The summed E-state index contributed by atoms with van der Waals surface area (Å²) in [7, 11) is 1.07. The molecule has 0 radical (unpaired) electrons. The summed E-state index contributed by atoms with van der Waals surface area (Å²) in [6.07, 6.45) is -4.11. The van der Waals surface area contributed by atoms with Crippen LogP contribution in [0, 0.1) is 34.5 Å². The maximum atomic E-state index is 13.8. The van der Waals surface area contributed by atoms with Gasteiger partial charge in [0.05, 0.1) is 13.2 Å². The van der Waals surface area contributed by atoms with Crippen LogP contribution in [0.25, 0.3) is 0 Å². The van der Waals surface area contributed by atoms with Crippen LogP contribution < -0.4 is 0 Å². The Kier molecular flexibility index (Phi) is 7.53.